The fraction of sp³-hybridized carbons (Fsp3) is 0.143. The molecule has 1 aromatic rings. The van der Waals surface area contributed by atoms with Gasteiger partial charge < -0.3 is 5.32 Å². The number of para-hydroxylation sites is 1. The second kappa shape index (κ2) is 2.64. The van der Waals surface area contributed by atoms with Crippen LogP contribution in [0, 0.1) is 11.6 Å². The zero-order valence-electron chi connectivity index (χ0n) is 5.49. The van der Waals surface area contributed by atoms with Crippen molar-refractivity contribution in [2.45, 2.75) is 0 Å². The predicted molar refractivity (Wildman–Crippen MR) is 35.9 cm³/mol. The van der Waals surface area contributed by atoms with Crippen molar-refractivity contribution in [2.24, 2.45) is 0 Å². The second-order valence-electron chi connectivity index (χ2n) is 1.85. The lowest BCUT2D eigenvalue weighted by molar-refractivity contribution is 0.590. The van der Waals surface area contributed by atoms with Gasteiger partial charge in [-0.2, -0.15) is 0 Å². The van der Waals surface area contributed by atoms with E-state index in [0.29, 0.717) is 0 Å². The van der Waals surface area contributed by atoms with Crippen LogP contribution in [-0.4, -0.2) is 7.05 Å². The van der Waals surface area contributed by atoms with Crippen LogP contribution in [0.4, 0.5) is 14.5 Å². The quantitative estimate of drug-likeness (QED) is 0.634. The molecule has 0 amide bonds. The van der Waals surface area contributed by atoms with Gasteiger partial charge in [-0.3, -0.25) is 0 Å². The highest BCUT2D eigenvalue weighted by atomic mass is 19.1. The number of benzene rings is 1. The molecule has 10 heavy (non-hydrogen) atoms. The molecule has 0 heterocycles. The van der Waals surface area contributed by atoms with Gasteiger partial charge in [0.25, 0.3) is 0 Å². The summed E-state index contributed by atoms with van der Waals surface area (Å²) >= 11 is 0. The van der Waals surface area contributed by atoms with E-state index in [4.69, 9.17) is 0 Å². The van der Waals surface area contributed by atoms with Crippen LogP contribution in [0.25, 0.3) is 0 Å². The van der Waals surface area contributed by atoms with E-state index in [1.807, 2.05) is 0 Å². The summed E-state index contributed by atoms with van der Waals surface area (Å²) in [5, 5.41) is 2.41. The van der Waals surface area contributed by atoms with Crippen LogP contribution in [0.5, 0.6) is 0 Å². The summed E-state index contributed by atoms with van der Waals surface area (Å²) < 4.78 is 25.1. The first-order valence-corrected chi connectivity index (χ1v) is 2.87. The predicted octanol–water partition coefficient (Wildman–Crippen LogP) is 2.01. The summed E-state index contributed by atoms with van der Waals surface area (Å²) in [5.74, 6) is -1.13. The first kappa shape index (κ1) is 6.99. The second-order valence-corrected chi connectivity index (χ2v) is 1.85. The van der Waals surface area contributed by atoms with Crippen LogP contribution >= 0.6 is 0 Å². The zero-order chi connectivity index (χ0) is 7.56. The Labute approximate surface area is 57.7 Å². The molecule has 0 aliphatic rings. The van der Waals surface area contributed by atoms with Crippen molar-refractivity contribution in [2.75, 3.05) is 12.4 Å². The highest BCUT2D eigenvalue weighted by Gasteiger charge is 2.03. The SMILES string of the molecule is CNc1c(F)cccc1F. The van der Waals surface area contributed by atoms with Crippen LogP contribution < -0.4 is 5.32 Å². The smallest absolute Gasteiger partial charge is 0.149 e. The summed E-state index contributed by atoms with van der Waals surface area (Å²) in [6, 6.07) is 3.73. The van der Waals surface area contributed by atoms with Gasteiger partial charge in [-0.05, 0) is 12.1 Å². The Morgan fingerprint density at radius 1 is 1.20 bits per heavy atom. The van der Waals surface area contributed by atoms with Gasteiger partial charge in [-0.25, -0.2) is 8.78 Å². The molecule has 54 valence electrons. The topological polar surface area (TPSA) is 12.0 Å². The van der Waals surface area contributed by atoms with Gasteiger partial charge in [0.15, 0.2) is 0 Å². The van der Waals surface area contributed by atoms with Crippen molar-refractivity contribution in [3.63, 3.8) is 0 Å². The lowest BCUT2D eigenvalue weighted by Gasteiger charge is -2.01. The van der Waals surface area contributed by atoms with Crippen molar-refractivity contribution in [3.05, 3.63) is 29.8 Å². The molecular formula is C7H7F2N. The van der Waals surface area contributed by atoms with E-state index in [9.17, 15) is 8.78 Å². The highest BCUT2D eigenvalue weighted by molar-refractivity contribution is 5.45. The Hall–Kier alpha value is -1.12. The van der Waals surface area contributed by atoms with Gasteiger partial charge in [0, 0.05) is 7.05 Å². The van der Waals surface area contributed by atoms with E-state index in [2.05, 4.69) is 5.32 Å². The summed E-state index contributed by atoms with van der Waals surface area (Å²) in [6.45, 7) is 0. The van der Waals surface area contributed by atoms with E-state index >= 15 is 0 Å². The summed E-state index contributed by atoms with van der Waals surface area (Å²) in [5.41, 5.74) is -0.0810. The van der Waals surface area contributed by atoms with Gasteiger partial charge in [0.1, 0.15) is 17.3 Å². The Kier molecular flexibility index (Phi) is 1.85. The molecule has 0 bridgehead atoms. The molecule has 0 spiro atoms. The number of hydrogen-bond acceptors (Lipinski definition) is 1. The van der Waals surface area contributed by atoms with Crippen LogP contribution in [0.1, 0.15) is 0 Å². The molecule has 0 saturated carbocycles. The summed E-state index contributed by atoms with van der Waals surface area (Å²) in [4.78, 5) is 0. The average Bonchev–Trinajstić information content (AvgIpc) is 1.88. The zero-order valence-corrected chi connectivity index (χ0v) is 5.49. The maximum Gasteiger partial charge on any atom is 0.149 e. The van der Waals surface area contributed by atoms with Crippen molar-refractivity contribution in [1.29, 1.82) is 0 Å². The van der Waals surface area contributed by atoms with E-state index in [0.717, 1.165) is 0 Å². The summed E-state index contributed by atoms with van der Waals surface area (Å²) in [7, 11) is 1.47. The number of halogens is 2. The monoisotopic (exact) mass is 143 g/mol. The molecule has 0 aromatic heterocycles. The van der Waals surface area contributed by atoms with Crippen LogP contribution in [0.15, 0.2) is 18.2 Å². The van der Waals surface area contributed by atoms with Crippen LogP contribution in [0.3, 0.4) is 0 Å². The Balaban J connectivity index is 3.17. The molecule has 1 nitrogen and oxygen atoms in total. The Morgan fingerprint density at radius 2 is 1.70 bits per heavy atom. The molecule has 0 radical (unpaired) electrons. The Morgan fingerprint density at radius 3 is 2.00 bits per heavy atom. The lowest BCUT2D eigenvalue weighted by Crippen LogP contribution is -1.95. The normalized spacial score (nSPS) is 9.50. The van der Waals surface area contributed by atoms with Gasteiger partial charge in [0.05, 0.1) is 0 Å². The van der Waals surface area contributed by atoms with Crippen LogP contribution in [-0.2, 0) is 0 Å². The van der Waals surface area contributed by atoms with Crippen molar-refractivity contribution in [3.8, 4) is 0 Å². The van der Waals surface area contributed by atoms with E-state index in [1.165, 1.54) is 25.2 Å². The third-order valence-corrected chi connectivity index (χ3v) is 1.21. The molecule has 1 N–H and O–H groups in total. The summed E-state index contributed by atoms with van der Waals surface area (Å²) in [6.07, 6.45) is 0. The number of rotatable bonds is 1. The molecule has 0 aliphatic carbocycles. The van der Waals surface area contributed by atoms with E-state index < -0.39 is 11.6 Å². The molecule has 0 unspecified atom stereocenters. The lowest BCUT2D eigenvalue weighted by atomic mass is 10.3. The molecule has 0 atom stereocenters. The third-order valence-electron chi connectivity index (χ3n) is 1.21. The van der Waals surface area contributed by atoms with Crippen molar-refractivity contribution in [1.82, 2.24) is 0 Å². The number of anilines is 1. The van der Waals surface area contributed by atoms with Crippen LogP contribution in [0.2, 0.25) is 0 Å². The van der Waals surface area contributed by atoms with Gasteiger partial charge in [-0.15, -0.1) is 0 Å². The van der Waals surface area contributed by atoms with Gasteiger partial charge in [0.2, 0.25) is 0 Å². The minimum atomic E-state index is -0.567. The first-order valence-electron chi connectivity index (χ1n) is 2.87. The third kappa shape index (κ3) is 1.07. The standard InChI is InChI=1S/C7H7F2N/c1-10-7-5(8)3-2-4-6(7)9/h2-4,10H,1H3. The molecular weight excluding hydrogens is 136 g/mol. The van der Waals surface area contributed by atoms with Gasteiger partial charge in [-0.1, -0.05) is 6.07 Å². The molecule has 1 rings (SSSR count). The number of hydrogen-bond donors (Lipinski definition) is 1. The average molecular weight is 143 g/mol. The van der Waals surface area contributed by atoms with Gasteiger partial charge >= 0.3 is 0 Å². The minimum Gasteiger partial charge on any atom is -0.383 e. The highest BCUT2D eigenvalue weighted by Crippen LogP contribution is 2.16. The maximum absolute atomic E-state index is 12.5. The minimum absolute atomic E-state index is 0.0810. The molecule has 0 aliphatic heterocycles. The molecule has 1 aromatic carbocycles. The van der Waals surface area contributed by atoms with E-state index in [-0.39, 0.29) is 5.69 Å². The maximum atomic E-state index is 12.5. The Bertz CT molecular complexity index is 215. The van der Waals surface area contributed by atoms with E-state index in [1.54, 1.807) is 0 Å². The molecule has 0 fully saturated rings. The first-order chi connectivity index (χ1) is 4.75. The number of nitrogens with one attached hydrogen (secondary N) is 1. The fourth-order valence-electron chi connectivity index (χ4n) is 0.737. The fourth-order valence-corrected chi connectivity index (χ4v) is 0.737. The molecule has 0 saturated heterocycles. The van der Waals surface area contributed by atoms with Crippen molar-refractivity contribution >= 4 is 5.69 Å². The molecule has 3 heteroatoms. The largest absolute Gasteiger partial charge is 0.383 e. The van der Waals surface area contributed by atoms with Crippen molar-refractivity contribution < 1.29 is 8.78 Å².